The molecule has 0 aliphatic heterocycles. The number of alkyl carbamates (subject to hydrolysis) is 1. The molecule has 0 radical (unpaired) electrons. The zero-order chi connectivity index (χ0) is 27.5. The van der Waals surface area contributed by atoms with E-state index in [2.05, 4.69) is 10.6 Å². The van der Waals surface area contributed by atoms with Crippen LogP contribution in [0.15, 0.2) is 24.3 Å². The standard InChI is InChI=1S/C26H41N3O7/c1-8-35-20(31)12-13-27-23(32)22(19-11-9-10-18(4)16-19)29(14-15-30)24(33)21(17(2)3)28-25(34)36-26(5,6)7/h9-11,16-17,21-22,30H,8,12-15H2,1-7H3,(H,27,32)(H,28,34). The number of hydrogen-bond acceptors (Lipinski definition) is 7. The fraction of sp³-hybridized carbons (Fsp3) is 0.615. The maximum absolute atomic E-state index is 13.7. The van der Waals surface area contributed by atoms with E-state index in [0.29, 0.717) is 5.56 Å². The van der Waals surface area contributed by atoms with Gasteiger partial charge in [-0.1, -0.05) is 43.7 Å². The number of nitrogens with zero attached hydrogens (tertiary/aromatic N) is 1. The third-order valence-corrected chi connectivity index (χ3v) is 5.08. The van der Waals surface area contributed by atoms with E-state index in [1.54, 1.807) is 59.7 Å². The van der Waals surface area contributed by atoms with E-state index < -0.39 is 48.2 Å². The summed E-state index contributed by atoms with van der Waals surface area (Å²) < 4.78 is 10.2. The number of carbonyl (C=O) groups excluding carboxylic acids is 4. The summed E-state index contributed by atoms with van der Waals surface area (Å²) in [7, 11) is 0. The summed E-state index contributed by atoms with van der Waals surface area (Å²) >= 11 is 0. The van der Waals surface area contributed by atoms with Crippen molar-refractivity contribution in [2.24, 2.45) is 5.92 Å². The van der Waals surface area contributed by atoms with E-state index >= 15 is 0 Å². The van der Waals surface area contributed by atoms with Gasteiger partial charge in [0.2, 0.25) is 11.8 Å². The van der Waals surface area contributed by atoms with Crippen LogP contribution in [0.4, 0.5) is 4.79 Å². The molecule has 3 amide bonds. The van der Waals surface area contributed by atoms with Gasteiger partial charge in [-0.3, -0.25) is 14.4 Å². The molecular weight excluding hydrogens is 466 g/mol. The van der Waals surface area contributed by atoms with Gasteiger partial charge in [-0.25, -0.2) is 4.79 Å². The van der Waals surface area contributed by atoms with Gasteiger partial charge in [-0.2, -0.15) is 0 Å². The van der Waals surface area contributed by atoms with E-state index in [1.165, 1.54) is 4.90 Å². The number of benzene rings is 1. The zero-order valence-corrected chi connectivity index (χ0v) is 22.4. The van der Waals surface area contributed by atoms with Crippen molar-refractivity contribution in [3.05, 3.63) is 35.4 Å². The SMILES string of the molecule is CCOC(=O)CCNC(=O)C(c1cccc(C)c1)N(CCO)C(=O)C(NC(=O)OC(C)(C)C)C(C)C. The van der Waals surface area contributed by atoms with Crippen molar-refractivity contribution in [2.45, 2.75) is 72.6 Å². The number of ether oxygens (including phenoxy) is 2. The summed E-state index contributed by atoms with van der Waals surface area (Å²) in [6.07, 6.45) is -0.785. The number of aliphatic hydroxyl groups excluding tert-OH is 1. The Kier molecular flexibility index (Phi) is 12.4. The van der Waals surface area contributed by atoms with E-state index in [-0.39, 0.29) is 32.0 Å². The van der Waals surface area contributed by atoms with Crippen LogP contribution >= 0.6 is 0 Å². The normalized spacial score (nSPS) is 12.9. The molecule has 0 heterocycles. The molecule has 0 saturated heterocycles. The Labute approximate surface area is 213 Å². The predicted molar refractivity (Wildman–Crippen MR) is 135 cm³/mol. The molecule has 0 aliphatic rings. The van der Waals surface area contributed by atoms with Gasteiger partial charge in [0.1, 0.15) is 17.7 Å². The van der Waals surface area contributed by atoms with Crippen molar-refractivity contribution >= 4 is 23.9 Å². The van der Waals surface area contributed by atoms with Crippen LogP contribution in [0.25, 0.3) is 0 Å². The molecule has 3 N–H and O–H groups in total. The number of hydrogen-bond donors (Lipinski definition) is 3. The first-order valence-corrected chi connectivity index (χ1v) is 12.2. The van der Waals surface area contributed by atoms with Crippen molar-refractivity contribution in [1.82, 2.24) is 15.5 Å². The number of nitrogens with one attached hydrogen (secondary N) is 2. The lowest BCUT2D eigenvalue weighted by molar-refractivity contribution is -0.145. The van der Waals surface area contributed by atoms with E-state index in [0.717, 1.165) is 5.56 Å². The van der Waals surface area contributed by atoms with Crippen LogP contribution in [-0.4, -0.2) is 71.8 Å². The lowest BCUT2D eigenvalue weighted by atomic mass is 9.98. The van der Waals surface area contributed by atoms with Crippen LogP contribution in [-0.2, 0) is 23.9 Å². The van der Waals surface area contributed by atoms with Crippen molar-refractivity contribution < 1.29 is 33.8 Å². The minimum Gasteiger partial charge on any atom is -0.466 e. The predicted octanol–water partition coefficient (Wildman–Crippen LogP) is 2.48. The Balaban J connectivity index is 3.31. The van der Waals surface area contributed by atoms with Crippen molar-refractivity contribution in [1.29, 1.82) is 0 Å². The van der Waals surface area contributed by atoms with Gasteiger partial charge in [0.25, 0.3) is 0 Å². The summed E-state index contributed by atoms with van der Waals surface area (Å²) in [4.78, 5) is 52.5. The number of aryl methyl sites for hydroxylation is 1. The molecule has 2 atom stereocenters. The third-order valence-electron chi connectivity index (χ3n) is 5.08. The van der Waals surface area contributed by atoms with E-state index in [4.69, 9.17) is 9.47 Å². The fourth-order valence-corrected chi connectivity index (χ4v) is 3.53. The van der Waals surface area contributed by atoms with Gasteiger partial charge in [0, 0.05) is 13.1 Å². The molecule has 0 bridgehead atoms. The number of rotatable bonds is 12. The number of esters is 1. The highest BCUT2D eigenvalue weighted by Crippen LogP contribution is 2.24. The first kappa shape index (κ1) is 30.9. The van der Waals surface area contributed by atoms with E-state index in [9.17, 15) is 24.3 Å². The summed E-state index contributed by atoms with van der Waals surface area (Å²) in [6.45, 7) is 11.9. The van der Waals surface area contributed by atoms with Gasteiger partial charge in [-0.05, 0) is 46.1 Å². The molecule has 10 nitrogen and oxygen atoms in total. The van der Waals surface area contributed by atoms with Crippen molar-refractivity contribution in [3.63, 3.8) is 0 Å². The van der Waals surface area contributed by atoms with Gasteiger partial charge in [0.05, 0.1) is 19.6 Å². The topological polar surface area (TPSA) is 134 Å². The fourth-order valence-electron chi connectivity index (χ4n) is 3.53. The number of amides is 3. The summed E-state index contributed by atoms with van der Waals surface area (Å²) in [6, 6.07) is 5.01. The minimum absolute atomic E-state index is 0.0188. The number of carbonyl (C=O) groups is 4. The molecule has 0 fully saturated rings. The molecular formula is C26H41N3O7. The number of aliphatic hydroxyl groups is 1. The van der Waals surface area contributed by atoms with Gasteiger partial charge >= 0.3 is 12.1 Å². The van der Waals surface area contributed by atoms with Crippen molar-refractivity contribution in [2.75, 3.05) is 26.3 Å². The maximum Gasteiger partial charge on any atom is 0.408 e. The molecule has 0 spiro atoms. The van der Waals surface area contributed by atoms with Crippen LogP contribution in [0.1, 0.15) is 65.1 Å². The summed E-state index contributed by atoms with van der Waals surface area (Å²) in [5.41, 5.74) is 0.647. The monoisotopic (exact) mass is 507 g/mol. The van der Waals surface area contributed by atoms with Crippen LogP contribution < -0.4 is 10.6 Å². The third kappa shape index (κ3) is 10.2. The molecule has 36 heavy (non-hydrogen) atoms. The van der Waals surface area contributed by atoms with Gasteiger partial charge in [0.15, 0.2) is 0 Å². The Morgan fingerprint density at radius 1 is 1.14 bits per heavy atom. The highest BCUT2D eigenvalue weighted by atomic mass is 16.6. The van der Waals surface area contributed by atoms with Crippen LogP contribution in [0, 0.1) is 12.8 Å². The second-order valence-electron chi connectivity index (χ2n) is 9.79. The second kappa shape index (κ2) is 14.4. The first-order valence-electron chi connectivity index (χ1n) is 12.2. The lowest BCUT2D eigenvalue weighted by Crippen LogP contribution is -2.55. The van der Waals surface area contributed by atoms with Gasteiger partial charge in [-0.15, -0.1) is 0 Å². The molecule has 1 aromatic rings. The molecule has 1 rings (SSSR count). The highest BCUT2D eigenvalue weighted by molar-refractivity contribution is 5.92. The van der Waals surface area contributed by atoms with Crippen molar-refractivity contribution in [3.8, 4) is 0 Å². The second-order valence-corrected chi connectivity index (χ2v) is 9.79. The average Bonchev–Trinajstić information content (AvgIpc) is 2.75. The summed E-state index contributed by atoms with van der Waals surface area (Å²) in [5.74, 6) is -1.85. The molecule has 202 valence electrons. The first-order chi connectivity index (χ1) is 16.8. The molecule has 1 aromatic carbocycles. The highest BCUT2D eigenvalue weighted by Gasteiger charge is 2.37. The molecule has 10 heteroatoms. The molecule has 2 unspecified atom stereocenters. The minimum atomic E-state index is -1.10. The molecule has 0 aliphatic carbocycles. The summed E-state index contributed by atoms with van der Waals surface area (Å²) in [5, 5.41) is 15.1. The van der Waals surface area contributed by atoms with Crippen LogP contribution in [0.2, 0.25) is 0 Å². The Bertz CT molecular complexity index is 896. The molecule has 0 saturated carbocycles. The smallest absolute Gasteiger partial charge is 0.408 e. The quantitative estimate of drug-likeness (QED) is 0.370. The zero-order valence-electron chi connectivity index (χ0n) is 22.4. The van der Waals surface area contributed by atoms with E-state index in [1.807, 2.05) is 13.0 Å². The Morgan fingerprint density at radius 3 is 2.33 bits per heavy atom. The maximum atomic E-state index is 13.7. The Morgan fingerprint density at radius 2 is 1.81 bits per heavy atom. The lowest BCUT2D eigenvalue weighted by Gasteiger charge is -2.35. The van der Waals surface area contributed by atoms with Crippen LogP contribution in [0.5, 0.6) is 0 Å². The average molecular weight is 508 g/mol. The van der Waals surface area contributed by atoms with Crippen LogP contribution in [0.3, 0.4) is 0 Å². The van der Waals surface area contributed by atoms with Gasteiger partial charge < -0.3 is 30.1 Å². The largest absolute Gasteiger partial charge is 0.466 e. The molecule has 0 aromatic heterocycles. The Hall–Kier alpha value is -3.14.